The Labute approximate surface area is 120 Å². The highest BCUT2D eigenvalue weighted by molar-refractivity contribution is 5.94. The van der Waals surface area contributed by atoms with Gasteiger partial charge in [0.05, 0.1) is 5.56 Å². The summed E-state index contributed by atoms with van der Waals surface area (Å²) >= 11 is 0. The van der Waals surface area contributed by atoms with Gasteiger partial charge in [0.2, 0.25) is 0 Å². The predicted octanol–water partition coefficient (Wildman–Crippen LogP) is 2.48. The maximum absolute atomic E-state index is 12.4. The van der Waals surface area contributed by atoms with Crippen LogP contribution in [-0.4, -0.2) is 40.1 Å². The minimum Gasteiger partial charge on any atom is -0.396 e. The number of halogens is 3. The van der Waals surface area contributed by atoms with Crippen molar-refractivity contribution in [2.24, 2.45) is 0 Å². The van der Waals surface area contributed by atoms with Crippen LogP contribution in [0.2, 0.25) is 0 Å². The second-order valence-electron chi connectivity index (χ2n) is 5.09. The van der Waals surface area contributed by atoms with Crippen LogP contribution in [-0.2, 0) is 6.18 Å². The molecule has 7 heteroatoms. The Morgan fingerprint density at radius 2 is 2.19 bits per heavy atom. The molecule has 0 saturated carbocycles. The number of pyridine rings is 1. The molecule has 1 aliphatic rings. The molecule has 0 bridgehead atoms. The van der Waals surface area contributed by atoms with Gasteiger partial charge in [-0.25, -0.2) is 0 Å². The number of aromatic nitrogens is 1. The molecular weight excluding hydrogens is 285 g/mol. The summed E-state index contributed by atoms with van der Waals surface area (Å²) in [5, 5.41) is 8.86. The highest BCUT2D eigenvalue weighted by Crippen LogP contribution is 2.28. The van der Waals surface area contributed by atoms with E-state index in [1.165, 1.54) is 6.07 Å². The summed E-state index contributed by atoms with van der Waals surface area (Å²) in [5.74, 6) is -0.295. The molecule has 2 heterocycles. The lowest BCUT2D eigenvalue weighted by Gasteiger charge is -2.24. The minimum atomic E-state index is -4.50. The van der Waals surface area contributed by atoms with Crippen molar-refractivity contribution in [3.63, 3.8) is 0 Å². The first kappa shape index (κ1) is 15.8. The van der Waals surface area contributed by atoms with Crippen LogP contribution < -0.4 is 0 Å². The van der Waals surface area contributed by atoms with Crippen molar-refractivity contribution >= 4 is 5.91 Å². The molecule has 0 aromatic carbocycles. The fraction of sp³-hybridized carbons (Fsp3) is 0.571. The summed E-state index contributed by atoms with van der Waals surface area (Å²) in [6, 6.07) is 2.04. The van der Waals surface area contributed by atoms with Crippen LogP contribution in [0.3, 0.4) is 0 Å². The highest BCUT2D eigenvalue weighted by Gasteiger charge is 2.33. The fourth-order valence-electron chi connectivity index (χ4n) is 2.58. The number of alkyl halides is 3. The lowest BCUT2D eigenvalue weighted by atomic mass is 10.1. The van der Waals surface area contributed by atoms with Crippen molar-refractivity contribution in [2.45, 2.75) is 37.9 Å². The van der Waals surface area contributed by atoms with Crippen molar-refractivity contribution in [2.75, 3.05) is 13.2 Å². The molecule has 1 aromatic heterocycles. The normalized spacial score (nSPS) is 19.0. The lowest BCUT2D eigenvalue weighted by molar-refractivity contribution is -0.141. The Bertz CT molecular complexity index is 488. The van der Waals surface area contributed by atoms with E-state index in [2.05, 4.69) is 4.98 Å². The monoisotopic (exact) mass is 302 g/mol. The van der Waals surface area contributed by atoms with E-state index in [9.17, 15) is 18.0 Å². The van der Waals surface area contributed by atoms with Gasteiger partial charge in [-0.15, -0.1) is 0 Å². The molecule has 1 aliphatic heterocycles. The standard InChI is InChI=1S/C14H17F3N2O2/c15-14(16,17)12-6-5-10(9-18-12)13(21)19-7-1-3-11(19)4-2-8-20/h5-6,9,11,20H,1-4,7-8H2. The number of aliphatic hydroxyl groups excluding tert-OH is 1. The van der Waals surface area contributed by atoms with E-state index in [-0.39, 0.29) is 24.1 Å². The summed E-state index contributed by atoms with van der Waals surface area (Å²) in [6.07, 6.45) is -0.475. The fourth-order valence-corrected chi connectivity index (χ4v) is 2.58. The number of hydrogen-bond donors (Lipinski definition) is 1. The van der Waals surface area contributed by atoms with E-state index in [0.717, 1.165) is 25.1 Å². The molecule has 1 aromatic rings. The van der Waals surface area contributed by atoms with E-state index in [1.807, 2.05) is 0 Å². The van der Waals surface area contributed by atoms with Gasteiger partial charge in [0, 0.05) is 25.4 Å². The van der Waals surface area contributed by atoms with Gasteiger partial charge in [-0.1, -0.05) is 0 Å². The Balaban J connectivity index is 2.08. The van der Waals surface area contributed by atoms with Crippen molar-refractivity contribution in [1.82, 2.24) is 9.88 Å². The van der Waals surface area contributed by atoms with Gasteiger partial charge < -0.3 is 10.0 Å². The van der Waals surface area contributed by atoms with Crippen LogP contribution in [0.25, 0.3) is 0 Å². The first-order valence-electron chi connectivity index (χ1n) is 6.88. The number of carbonyl (C=O) groups excluding carboxylic acids is 1. The maximum Gasteiger partial charge on any atom is 0.433 e. The van der Waals surface area contributed by atoms with Crippen LogP contribution in [0.4, 0.5) is 13.2 Å². The van der Waals surface area contributed by atoms with Gasteiger partial charge >= 0.3 is 6.18 Å². The molecule has 1 unspecified atom stereocenters. The van der Waals surface area contributed by atoms with E-state index < -0.39 is 11.9 Å². The third-order valence-electron chi connectivity index (χ3n) is 3.63. The molecule has 1 saturated heterocycles. The van der Waals surface area contributed by atoms with Crippen LogP contribution in [0.1, 0.15) is 41.7 Å². The van der Waals surface area contributed by atoms with Gasteiger partial charge in [-0.3, -0.25) is 9.78 Å². The number of amides is 1. The molecule has 21 heavy (non-hydrogen) atoms. The van der Waals surface area contributed by atoms with Crippen LogP contribution in [0, 0.1) is 0 Å². The average molecular weight is 302 g/mol. The lowest BCUT2D eigenvalue weighted by Crippen LogP contribution is -2.35. The van der Waals surface area contributed by atoms with E-state index in [0.29, 0.717) is 19.4 Å². The molecule has 1 fully saturated rings. The Hall–Kier alpha value is -1.63. The van der Waals surface area contributed by atoms with Gasteiger partial charge in [-0.05, 0) is 37.8 Å². The molecule has 2 rings (SSSR count). The van der Waals surface area contributed by atoms with Crippen molar-refractivity contribution in [1.29, 1.82) is 0 Å². The third-order valence-corrected chi connectivity index (χ3v) is 3.63. The van der Waals surface area contributed by atoms with Gasteiger partial charge in [0.15, 0.2) is 0 Å². The van der Waals surface area contributed by atoms with Crippen LogP contribution in [0.5, 0.6) is 0 Å². The van der Waals surface area contributed by atoms with Crippen LogP contribution >= 0.6 is 0 Å². The third kappa shape index (κ3) is 3.72. The smallest absolute Gasteiger partial charge is 0.396 e. The molecule has 1 amide bonds. The highest BCUT2D eigenvalue weighted by atomic mass is 19.4. The number of likely N-dealkylation sites (tertiary alicyclic amines) is 1. The molecule has 116 valence electrons. The van der Waals surface area contributed by atoms with Gasteiger partial charge in [0.25, 0.3) is 5.91 Å². The summed E-state index contributed by atoms with van der Waals surface area (Å²) in [6.45, 7) is 0.663. The Morgan fingerprint density at radius 3 is 2.76 bits per heavy atom. The SMILES string of the molecule is O=C(c1ccc(C(F)(F)F)nc1)N1CCCC1CCCO. The van der Waals surface area contributed by atoms with Crippen LogP contribution in [0.15, 0.2) is 18.3 Å². The first-order valence-corrected chi connectivity index (χ1v) is 6.88. The van der Waals surface area contributed by atoms with Gasteiger partial charge in [0.1, 0.15) is 5.69 Å². The number of rotatable bonds is 4. The molecule has 0 spiro atoms. The average Bonchev–Trinajstić information content (AvgIpc) is 2.92. The number of carbonyl (C=O) groups is 1. The summed E-state index contributed by atoms with van der Waals surface area (Å²) in [5.41, 5.74) is -0.837. The predicted molar refractivity (Wildman–Crippen MR) is 69.6 cm³/mol. The number of nitrogens with zero attached hydrogens (tertiary/aromatic N) is 2. The second kappa shape index (κ2) is 6.43. The maximum atomic E-state index is 12.4. The number of hydrogen-bond acceptors (Lipinski definition) is 3. The Kier molecular flexibility index (Phi) is 4.82. The molecular formula is C14H17F3N2O2. The summed E-state index contributed by atoms with van der Waals surface area (Å²) < 4.78 is 37.3. The van der Waals surface area contributed by atoms with Crippen molar-refractivity contribution in [3.05, 3.63) is 29.6 Å². The second-order valence-corrected chi connectivity index (χ2v) is 5.09. The van der Waals surface area contributed by atoms with E-state index in [1.54, 1.807) is 4.90 Å². The quantitative estimate of drug-likeness (QED) is 0.929. The molecule has 0 aliphatic carbocycles. The zero-order chi connectivity index (χ0) is 15.5. The van der Waals surface area contributed by atoms with Crippen molar-refractivity contribution in [3.8, 4) is 0 Å². The zero-order valence-electron chi connectivity index (χ0n) is 11.4. The number of aliphatic hydroxyl groups is 1. The summed E-state index contributed by atoms with van der Waals surface area (Å²) in [7, 11) is 0. The first-order chi connectivity index (χ1) is 9.93. The largest absolute Gasteiger partial charge is 0.433 e. The molecule has 4 nitrogen and oxygen atoms in total. The zero-order valence-corrected chi connectivity index (χ0v) is 11.4. The van der Waals surface area contributed by atoms with Crippen molar-refractivity contribution < 1.29 is 23.1 Å². The topological polar surface area (TPSA) is 53.4 Å². The van der Waals surface area contributed by atoms with E-state index in [4.69, 9.17) is 5.11 Å². The Morgan fingerprint density at radius 1 is 1.43 bits per heavy atom. The minimum absolute atomic E-state index is 0.0481. The van der Waals surface area contributed by atoms with E-state index >= 15 is 0 Å². The summed E-state index contributed by atoms with van der Waals surface area (Å²) in [4.78, 5) is 17.3. The van der Waals surface area contributed by atoms with Gasteiger partial charge in [-0.2, -0.15) is 13.2 Å². The molecule has 1 N–H and O–H groups in total. The molecule has 0 radical (unpaired) electrons. The molecule has 1 atom stereocenters.